The maximum absolute atomic E-state index is 12.8. The number of piperidine rings is 2. The number of β-amino-alcohol motifs (C(OH)–C–C–N with tert-alkyl or cyclic N) is 2. The van der Waals surface area contributed by atoms with Gasteiger partial charge in [-0.3, -0.25) is 14.7 Å². The molecule has 0 aromatic heterocycles. The van der Waals surface area contributed by atoms with E-state index in [0.29, 0.717) is 37.3 Å². The Kier molecular flexibility index (Phi) is 26.7. The lowest BCUT2D eigenvalue weighted by molar-refractivity contribution is 0.0244. The summed E-state index contributed by atoms with van der Waals surface area (Å²) in [5.41, 5.74) is 3.27. The number of esters is 2. The molecular formula is C67H87N5O11S2. The Morgan fingerprint density at radius 2 is 0.824 bits per heavy atom. The van der Waals surface area contributed by atoms with Crippen LogP contribution in [0.3, 0.4) is 0 Å². The van der Waals surface area contributed by atoms with Crippen LogP contribution < -0.4 is 9.47 Å². The summed E-state index contributed by atoms with van der Waals surface area (Å²) in [5, 5.41) is 21.2. The minimum atomic E-state index is -3.50. The Balaban J connectivity index is 0.000000190. The summed E-state index contributed by atoms with van der Waals surface area (Å²) in [4.78, 5) is 36.0. The lowest BCUT2D eigenvalue weighted by atomic mass is 9.88. The third-order valence-electron chi connectivity index (χ3n) is 16.0. The predicted molar refractivity (Wildman–Crippen MR) is 334 cm³/mol. The molecule has 0 bridgehead atoms. The normalized spacial score (nSPS) is 20.0. The second-order valence-corrected chi connectivity index (χ2v) is 26.3. The number of sulfone groups is 2. The van der Waals surface area contributed by atoms with Gasteiger partial charge in [0.05, 0.1) is 57.8 Å². The van der Waals surface area contributed by atoms with Gasteiger partial charge >= 0.3 is 11.9 Å². The first-order chi connectivity index (χ1) is 41.1. The van der Waals surface area contributed by atoms with E-state index in [2.05, 4.69) is 59.9 Å². The molecule has 18 heteroatoms. The van der Waals surface area contributed by atoms with E-state index in [1.807, 2.05) is 58.3 Å². The highest BCUT2D eigenvalue weighted by Gasteiger charge is 2.30. The van der Waals surface area contributed by atoms with Crippen molar-refractivity contribution in [2.75, 3.05) is 123 Å². The summed E-state index contributed by atoms with van der Waals surface area (Å²) in [6.45, 7) is 19.1. The summed E-state index contributed by atoms with van der Waals surface area (Å²) in [5.74, 6) is -0.121. The van der Waals surface area contributed by atoms with Crippen LogP contribution in [-0.4, -0.2) is 199 Å². The van der Waals surface area contributed by atoms with E-state index >= 15 is 0 Å². The molecule has 0 spiro atoms. The van der Waals surface area contributed by atoms with Crippen LogP contribution in [0.25, 0.3) is 0 Å². The third kappa shape index (κ3) is 22.3. The quantitative estimate of drug-likeness (QED) is 0.0627. The Bertz CT molecular complexity index is 2920. The molecule has 0 aliphatic carbocycles. The van der Waals surface area contributed by atoms with Crippen molar-refractivity contribution in [3.8, 4) is 11.5 Å². The molecule has 16 nitrogen and oxygen atoms in total. The zero-order valence-corrected chi connectivity index (χ0v) is 51.3. The van der Waals surface area contributed by atoms with Gasteiger partial charge in [0.1, 0.15) is 11.5 Å². The molecular weight excluding hydrogens is 1110 g/mol. The van der Waals surface area contributed by atoms with Crippen LogP contribution in [-0.2, 0) is 37.3 Å². The number of aliphatic hydroxyl groups is 2. The minimum absolute atomic E-state index is 0.0355. The van der Waals surface area contributed by atoms with E-state index in [-0.39, 0.29) is 44.6 Å². The summed E-state index contributed by atoms with van der Waals surface area (Å²) in [6.07, 6.45) is 2.37. The molecule has 458 valence electrons. The molecule has 4 aliphatic rings. The maximum Gasteiger partial charge on any atom is 0.343 e. The number of nitrogens with zero attached hydrogens (tertiary/aromatic N) is 5. The van der Waals surface area contributed by atoms with Crippen molar-refractivity contribution < 1.29 is 50.8 Å². The van der Waals surface area contributed by atoms with Crippen molar-refractivity contribution in [2.24, 2.45) is 11.8 Å². The van der Waals surface area contributed by atoms with Crippen LogP contribution in [0.4, 0.5) is 0 Å². The van der Waals surface area contributed by atoms with Crippen LogP contribution >= 0.6 is 0 Å². The fourth-order valence-electron chi connectivity index (χ4n) is 10.5. The second kappa shape index (κ2) is 34.2. The molecule has 10 rings (SSSR count). The molecule has 0 unspecified atom stereocenters. The lowest BCUT2D eigenvalue weighted by Crippen LogP contribution is -2.46. The number of ether oxygens (including phenoxy) is 3. The Morgan fingerprint density at radius 1 is 0.471 bits per heavy atom. The second-order valence-electron chi connectivity index (χ2n) is 22.1. The molecule has 4 saturated heterocycles. The van der Waals surface area contributed by atoms with Gasteiger partial charge in [-0.25, -0.2) is 26.4 Å². The van der Waals surface area contributed by atoms with E-state index in [1.165, 1.54) is 98.9 Å². The molecule has 4 fully saturated rings. The monoisotopic (exact) mass is 1200 g/mol. The van der Waals surface area contributed by atoms with Gasteiger partial charge in [0.15, 0.2) is 19.7 Å². The number of rotatable bonds is 18. The molecule has 85 heavy (non-hydrogen) atoms. The van der Waals surface area contributed by atoms with Crippen LogP contribution in [0, 0.1) is 11.8 Å². The topological polar surface area (TPSA) is 187 Å². The average molecular weight is 1200 g/mol. The zero-order valence-electron chi connectivity index (χ0n) is 49.7. The van der Waals surface area contributed by atoms with Crippen LogP contribution in [0.2, 0.25) is 0 Å². The van der Waals surface area contributed by atoms with Crippen molar-refractivity contribution in [3.05, 3.63) is 192 Å². The highest BCUT2D eigenvalue weighted by Crippen LogP contribution is 2.26. The highest BCUT2D eigenvalue weighted by molar-refractivity contribution is 7.91. The summed E-state index contributed by atoms with van der Waals surface area (Å²) in [6, 6.07) is 49.3. The van der Waals surface area contributed by atoms with Gasteiger partial charge in [0, 0.05) is 65.4 Å². The zero-order chi connectivity index (χ0) is 60.4. The fourth-order valence-corrected chi connectivity index (χ4v) is 13.1. The van der Waals surface area contributed by atoms with E-state index in [4.69, 9.17) is 14.2 Å². The minimum Gasteiger partial charge on any atom is -0.423 e. The number of likely N-dealkylation sites (N-methyl/N-ethyl adjacent to an activating group) is 3. The van der Waals surface area contributed by atoms with E-state index in [9.17, 15) is 36.6 Å². The molecule has 0 radical (unpaired) electrons. The smallest absolute Gasteiger partial charge is 0.343 e. The standard InChI is InChI=1S/2C27H29NO5S.C7H16N2.C6H13NO/c2*29-26-20-28(16-15-23(26)19-21-7-3-1-4-8-21)17-18-34(31,32)25-13-11-24(12-14-25)33-27(30)22-9-5-2-6-10-22;1-3-9-6-4-8(2)5-7-9;1-2-7-3-5-8-6-4-7/h2*1-14,23,26,29H,15-20H2;3-7H2,1-2H3;2-6H2,1H3/t2*23-,26-;;/m11../s1. The SMILES string of the molecule is CCN1CCN(C)CC1.CCN1CCOCC1.O=C(Oc1ccc(S(=O)(=O)CCN2CC[C@H](Cc3ccccc3)[C@H](O)C2)cc1)c1ccccc1.O=C(Oc1ccc(S(=O)(=O)CCN2CC[C@H](Cc3ccccc3)[C@H](O)C2)cc1)c1ccccc1. The third-order valence-corrected chi connectivity index (χ3v) is 19.5. The van der Waals surface area contributed by atoms with E-state index in [0.717, 1.165) is 65.1 Å². The average Bonchev–Trinajstić information content (AvgIpc) is 3.73. The predicted octanol–water partition coefficient (Wildman–Crippen LogP) is 7.80. The number of likely N-dealkylation sites (tertiary alicyclic amines) is 2. The van der Waals surface area contributed by atoms with Gasteiger partial charge in [0.25, 0.3) is 0 Å². The Morgan fingerprint density at radius 3 is 1.16 bits per heavy atom. The Hall–Kier alpha value is -6.16. The summed E-state index contributed by atoms with van der Waals surface area (Å²) >= 11 is 0. The number of piperazine rings is 1. The van der Waals surface area contributed by atoms with Gasteiger partial charge in [0.2, 0.25) is 0 Å². The van der Waals surface area contributed by atoms with Gasteiger partial charge in [-0.15, -0.1) is 0 Å². The van der Waals surface area contributed by atoms with Gasteiger partial charge in [-0.2, -0.15) is 0 Å². The van der Waals surface area contributed by atoms with Gasteiger partial charge in [-0.05, 0) is 155 Å². The van der Waals surface area contributed by atoms with Gasteiger partial charge < -0.3 is 34.2 Å². The first-order valence-corrected chi connectivity index (χ1v) is 33.2. The largest absolute Gasteiger partial charge is 0.423 e. The fraction of sp³-hybridized carbons (Fsp3) is 0.433. The molecule has 4 aliphatic heterocycles. The number of benzene rings is 6. The van der Waals surface area contributed by atoms with Crippen molar-refractivity contribution in [3.63, 3.8) is 0 Å². The number of carbonyl (C=O) groups excluding carboxylic acids is 2. The molecule has 2 N–H and O–H groups in total. The maximum atomic E-state index is 12.8. The number of hydrogen-bond acceptors (Lipinski definition) is 16. The van der Waals surface area contributed by atoms with E-state index in [1.54, 1.807) is 48.5 Å². The van der Waals surface area contributed by atoms with Crippen molar-refractivity contribution >= 4 is 31.6 Å². The van der Waals surface area contributed by atoms with Crippen molar-refractivity contribution in [1.29, 1.82) is 0 Å². The molecule has 4 heterocycles. The van der Waals surface area contributed by atoms with Crippen molar-refractivity contribution in [1.82, 2.24) is 24.5 Å². The molecule has 0 amide bonds. The molecule has 6 aromatic carbocycles. The number of hydrogen-bond donors (Lipinski definition) is 2. The highest BCUT2D eigenvalue weighted by atomic mass is 32.2. The Labute approximate surface area is 504 Å². The van der Waals surface area contributed by atoms with E-state index < -0.39 is 43.8 Å². The first kappa shape index (κ1) is 66.4. The van der Waals surface area contributed by atoms with Crippen molar-refractivity contribution in [2.45, 2.75) is 61.5 Å². The number of aliphatic hydroxyl groups excluding tert-OH is 2. The van der Waals surface area contributed by atoms with Crippen LogP contribution in [0.15, 0.2) is 180 Å². The number of morpholine rings is 1. The number of carbonyl (C=O) groups is 2. The molecule has 4 atom stereocenters. The van der Waals surface area contributed by atoms with Crippen LogP contribution in [0.1, 0.15) is 58.5 Å². The first-order valence-electron chi connectivity index (χ1n) is 29.9. The summed E-state index contributed by atoms with van der Waals surface area (Å²) < 4.78 is 67.1. The van der Waals surface area contributed by atoms with Gasteiger partial charge in [-0.1, -0.05) is 111 Å². The lowest BCUT2D eigenvalue weighted by Gasteiger charge is -2.36. The molecule has 6 aromatic rings. The summed E-state index contributed by atoms with van der Waals surface area (Å²) in [7, 11) is -4.81. The van der Waals surface area contributed by atoms with Crippen LogP contribution in [0.5, 0.6) is 11.5 Å². The molecule has 0 saturated carbocycles.